The van der Waals surface area contributed by atoms with E-state index in [4.69, 9.17) is 32.7 Å². The lowest BCUT2D eigenvalue weighted by atomic mass is 10.2. The van der Waals surface area contributed by atoms with E-state index in [2.05, 4.69) is 20.6 Å². The monoisotopic (exact) mass is 402 g/mol. The molecule has 2 N–H and O–H groups in total. The Labute approximate surface area is 164 Å². The van der Waals surface area contributed by atoms with Crippen LogP contribution in [0.25, 0.3) is 0 Å². The Morgan fingerprint density at radius 2 is 2.00 bits per heavy atom. The highest BCUT2D eigenvalue weighted by molar-refractivity contribution is 6.67. The molecule has 0 fully saturated rings. The molecule has 2 heterocycles. The van der Waals surface area contributed by atoms with Crippen LogP contribution in [0.15, 0.2) is 48.7 Å². The molecule has 3 aromatic rings. The van der Waals surface area contributed by atoms with Crippen LogP contribution in [0.2, 0.25) is 5.02 Å². The summed E-state index contributed by atoms with van der Waals surface area (Å²) < 4.78 is 10.8. The number of ether oxygens (including phenoxy) is 2. The van der Waals surface area contributed by atoms with E-state index in [0.29, 0.717) is 45.2 Å². The van der Waals surface area contributed by atoms with Crippen molar-refractivity contribution in [3.63, 3.8) is 0 Å². The van der Waals surface area contributed by atoms with E-state index >= 15 is 0 Å². The number of nitrogens with zero attached hydrogens (tertiary/aromatic N) is 2. The first-order valence-electron chi connectivity index (χ1n) is 7.85. The smallest absolute Gasteiger partial charge is 0.252 e. The van der Waals surface area contributed by atoms with Crippen molar-refractivity contribution in [2.24, 2.45) is 0 Å². The molecule has 0 saturated carbocycles. The number of benzene rings is 2. The molecule has 1 aromatic heterocycles. The van der Waals surface area contributed by atoms with E-state index < -0.39 is 5.24 Å². The minimum Gasteiger partial charge on any atom is -0.454 e. The van der Waals surface area contributed by atoms with Crippen LogP contribution >= 0.6 is 23.2 Å². The summed E-state index contributed by atoms with van der Waals surface area (Å²) in [6.07, 6.45) is 1.59. The van der Waals surface area contributed by atoms with Crippen LogP contribution in [-0.4, -0.2) is 22.0 Å². The van der Waals surface area contributed by atoms with Crippen LogP contribution < -0.4 is 20.1 Å². The number of hydrogen-bond donors (Lipinski definition) is 2. The molecule has 27 heavy (non-hydrogen) atoms. The number of aromatic nitrogens is 2. The summed E-state index contributed by atoms with van der Waals surface area (Å²) in [7, 11) is 0. The third-order valence-electron chi connectivity index (χ3n) is 3.74. The number of hydrogen-bond acceptors (Lipinski definition) is 7. The quantitative estimate of drug-likeness (QED) is 0.596. The van der Waals surface area contributed by atoms with Crippen LogP contribution in [0.5, 0.6) is 11.5 Å². The summed E-state index contributed by atoms with van der Waals surface area (Å²) in [5.74, 6) is 1.98. The van der Waals surface area contributed by atoms with Crippen molar-refractivity contribution in [3.8, 4) is 11.5 Å². The normalized spacial score (nSPS) is 11.9. The Balaban J connectivity index is 1.58. The standard InChI is InChI=1S/C18H12Cl2N4O3/c19-12-4-5-13-16(27-9-26-13)15(12)23-14-6-7-21-18(24-14)22-11-3-1-2-10(8-11)17(20)25/h1-8H,9H2,(H2,21,22,23,24). The van der Waals surface area contributed by atoms with Gasteiger partial charge in [-0.3, -0.25) is 4.79 Å². The number of halogens is 2. The Bertz CT molecular complexity index is 1030. The molecule has 0 unspecified atom stereocenters. The summed E-state index contributed by atoms with van der Waals surface area (Å²) >= 11 is 11.8. The van der Waals surface area contributed by atoms with Gasteiger partial charge >= 0.3 is 0 Å². The van der Waals surface area contributed by atoms with Gasteiger partial charge < -0.3 is 20.1 Å². The predicted molar refractivity (Wildman–Crippen MR) is 103 cm³/mol. The summed E-state index contributed by atoms with van der Waals surface area (Å²) in [4.78, 5) is 19.9. The van der Waals surface area contributed by atoms with Gasteiger partial charge in [0.25, 0.3) is 5.24 Å². The Hall–Kier alpha value is -3.03. The van der Waals surface area contributed by atoms with Gasteiger partial charge in [-0.2, -0.15) is 4.98 Å². The molecule has 0 bridgehead atoms. The molecular formula is C18H12Cl2N4O3. The molecule has 0 radical (unpaired) electrons. The highest BCUT2D eigenvalue weighted by Crippen LogP contribution is 2.44. The maximum Gasteiger partial charge on any atom is 0.252 e. The maximum atomic E-state index is 11.3. The minimum atomic E-state index is -0.537. The van der Waals surface area contributed by atoms with Crippen LogP contribution in [0, 0.1) is 0 Å². The SMILES string of the molecule is O=C(Cl)c1cccc(Nc2nccc(Nc3c(Cl)ccc4c3OCO4)n2)c1. The molecule has 0 spiro atoms. The number of carbonyl (C=O) groups excluding carboxylic acids is 1. The van der Waals surface area contributed by atoms with Crippen LogP contribution in [0.1, 0.15) is 10.4 Å². The second-order valence-corrected chi connectivity index (χ2v) is 6.28. The molecule has 136 valence electrons. The molecule has 9 heteroatoms. The average molecular weight is 403 g/mol. The topological polar surface area (TPSA) is 85.4 Å². The van der Waals surface area contributed by atoms with Crippen LogP contribution in [0.3, 0.4) is 0 Å². The Kier molecular flexibility index (Phi) is 4.70. The highest BCUT2D eigenvalue weighted by Gasteiger charge is 2.21. The fourth-order valence-corrected chi connectivity index (χ4v) is 2.84. The van der Waals surface area contributed by atoms with Crippen molar-refractivity contribution >= 4 is 51.6 Å². The lowest BCUT2D eigenvalue weighted by molar-refractivity contribution is 0.108. The van der Waals surface area contributed by atoms with Crippen molar-refractivity contribution in [2.75, 3.05) is 17.4 Å². The molecule has 0 atom stereocenters. The second kappa shape index (κ2) is 7.30. The fraction of sp³-hybridized carbons (Fsp3) is 0.0556. The molecule has 7 nitrogen and oxygen atoms in total. The van der Waals surface area contributed by atoms with Crippen molar-refractivity contribution < 1.29 is 14.3 Å². The van der Waals surface area contributed by atoms with E-state index in [0.717, 1.165) is 0 Å². The predicted octanol–water partition coefficient (Wildman–Crippen LogP) is 4.72. The van der Waals surface area contributed by atoms with E-state index in [1.807, 2.05) is 0 Å². The molecule has 2 aromatic carbocycles. The first-order valence-corrected chi connectivity index (χ1v) is 8.61. The molecule has 1 aliphatic heterocycles. The fourth-order valence-electron chi connectivity index (χ4n) is 2.53. The third-order valence-corrected chi connectivity index (χ3v) is 4.28. The molecule has 4 rings (SSSR count). The highest BCUT2D eigenvalue weighted by atomic mass is 35.5. The van der Waals surface area contributed by atoms with Crippen LogP contribution in [0.4, 0.5) is 23.1 Å². The number of carbonyl (C=O) groups is 1. The van der Waals surface area contributed by atoms with Gasteiger partial charge in [-0.25, -0.2) is 4.98 Å². The zero-order valence-electron chi connectivity index (χ0n) is 13.7. The Morgan fingerprint density at radius 3 is 2.85 bits per heavy atom. The number of nitrogens with one attached hydrogen (secondary N) is 2. The van der Waals surface area contributed by atoms with E-state index in [-0.39, 0.29) is 6.79 Å². The minimum absolute atomic E-state index is 0.135. The first kappa shape index (κ1) is 17.4. The van der Waals surface area contributed by atoms with Gasteiger partial charge in [0, 0.05) is 17.4 Å². The van der Waals surface area contributed by atoms with Gasteiger partial charge in [0.2, 0.25) is 12.7 Å². The van der Waals surface area contributed by atoms with Crippen molar-refractivity contribution in [3.05, 3.63) is 59.2 Å². The van der Waals surface area contributed by atoms with Crippen molar-refractivity contribution in [1.29, 1.82) is 0 Å². The van der Waals surface area contributed by atoms with E-state index in [1.165, 1.54) is 0 Å². The average Bonchev–Trinajstić information content (AvgIpc) is 3.14. The lowest BCUT2D eigenvalue weighted by Crippen LogP contribution is -2.02. The van der Waals surface area contributed by atoms with Gasteiger partial charge in [0.05, 0.1) is 5.02 Å². The van der Waals surface area contributed by atoms with E-state index in [1.54, 1.807) is 48.7 Å². The van der Waals surface area contributed by atoms with Gasteiger partial charge in [0.15, 0.2) is 11.5 Å². The maximum absolute atomic E-state index is 11.3. The van der Waals surface area contributed by atoms with Crippen molar-refractivity contribution in [2.45, 2.75) is 0 Å². The second-order valence-electron chi connectivity index (χ2n) is 5.53. The molecule has 1 aliphatic rings. The molecule has 0 saturated heterocycles. The molecule has 0 amide bonds. The Morgan fingerprint density at radius 1 is 1.11 bits per heavy atom. The first-order chi connectivity index (χ1) is 13.1. The zero-order valence-corrected chi connectivity index (χ0v) is 15.2. The van der Waals surface area contributed by atoms with Gasteiger partial charge in [-0.05, 0) is 48.0 Å². The summed E-state index contributed by atoms with van der Waals surface area (Å²) in [6.45, 7) is 0.135. The van der Waals surface area contributed by atoms with Crippen molar-refractivity contribution in [1.82, 2.24) is 9.97 Å². The lowest BCUT2D eigenvalue weighted by Gasteiger charge is -2.12. The third kappa shape index (κ3) is 3.74. The van der Waals surface area contributed by atoms with Crippen LogP contribution in [-0.2, 0) is 0 Å². The van der Waals surface area contributed by atoms with Gasteiger partial charge in [0.1, 0.15) is 11.5 Å². The molecular weight excluding hydrogens is 391 g/mol. The zero-order chi connectivity index (χ0) is 18.8. The number of anilines is 4. The van der Waals surface area contributed by atoms with Gasteiger partial charge in [-0.1, -0.05) is 17.7 Å². The summed E-state index contributed by atoms with van der Waals surface area (Å²) in [6, 6.07) is 11.9. The summed E-state index contributed by atoms with van der Waals surface area (Å²) in [5, 5.41) is 6.09. The number of fused-ring (bicyclic) bond motifs is 1. The van der Waals surface area contributed by atoms with Gasteiger partial charge in [-0.15, -0.1) is 0 Å². The van der Waals surface area contributed by atoms with E-state index in [9.17, 15) is 4.79 Å². The number of rotatable bonds is 5. The molecule has 0 aliphatic carbocycles. The largest absolute Gasteiger partial charge is 0.454 e. The summed E-state index contributed by atoms with van der Waals surface area (Å²) in [5.41, 5.74) is 1.57.